The molecule has 6 nitrogen and oxygen atoms in total. The van der Waals surface area contributed by atoms with Crippen LogP contribution >= 0.6 is 0 Å². The largest absolute Gasteiger partial charge is 0.481 e. The highest BCUT2D eigenvalue weighted by Crippen LogP contribution is 2.11. The number of carbonyl (C=O) groups is 2. The van der Waals surface area contributed by atoms with Gasteiger partial charge in [0.15, 0.2) is 0 Å². The van der Waals surface area contributed by atoms with Crippen LogP contribution in [0.3, 0.4) is 0 Å². The van der Waals surface area contributed by atoms with Crippen LogP contribution in [-0.2, 0) is 4.79 Å². The number of aliphatic carboxylic acids is 1. The van der Waals surface area contributed by atoms with E-state index in [0.29, 0.717) is 18.9 Å². The fourth-order valence-electron chi connectivity index (χ4n) is 1.78. The summed E-state index contributed by atoms with van der Waals surface area (Å²) in [7, 11) is 3.58. The molecule has 19 heavy (non-hydrogen) atoms. The molecule has 0 aromatic heterocycles. The Morgan fingerprint density at radius 3 is 2.42 bits per heavy atom. The number of nitrogens with zero attached hydrogens (tertiary/aromatic N) is 1. The molecule has 0 saturated heterocycles. The van der Waals surface area contributed by atoms with Crippen LogP contribution in [-0.4, -0.2) is 55.7 Å². The van der Waals surface area contributed by atoms with E-state index in [-0.39, 0.29) is 12.6 Å². The first kappa shape index (κ1) is 17.7. The highest BCUT2D eigenvalue weighted by molar-refractivity contribution is 5.75. The first-order valence-corrected chi connectivity index (χ1v) is 6.74. The molecule has 6 heteroatoms. The Hall–Kier alpha value is -1.30. The zero-order valence-electron chi connectivity index (χ0n) is 12.4. The van der Waals surface area contributed by atoms with Crippen LogP contribution in [0.5, 0.6) is 0 Å². The lowest BCUT2D eigenvalue weighted by molar-refractivity contribution is -0.142. The number of urea groups is 1. The van der Waals surface area contributed by atoms with Gasteiger partial charge in [-0.2, -0.15) is 0 Å². The lowest BCUT2D eigenvalue weighted by Gasteiger charge is -2.20. The minimum absolute atomic E-state index is 0.183. The number of hydrogen-bond donors (Lipinski definition) is 3. The number of rotatable bonds is 9. The molecule has 2 amide bonds. The molecule has 0 saturated carbocycles. The Kier molecular flexibility index (Phi) is 8.95. The minimum atomic E-state index is -0.855. The van der Waals surface area contributed by atoms with Gasteiger partial charge < -0.3 is 20.6 Å². The van der Waals surface area contributed by atoms with Gasteiger partial charge in [0, 0.05) is 20.1 Å². The van der Waals surface area contributed by atoms with Crippen molar-refractivity contribution in [1.29, 1.82) is 0 Å². The van der Waals surface area contributed by atoms with Crippen LogP contribution in [0, 0.1) is 11.8 Å². The molecule has 1 atom stereocenters. The molecule has 0 rings (SSSR count). The van der Waals surface area contributed by atoms with Crippen molar-refractivity contribution in [2.24, 2.45) is 11.8 Å². The Morgan fingerprint density at radius 2 is 1.95 bits per heavy atom. The molecular weight excluding hydrogens is 246 g/mol. The lowest BCUT2D eigenvalue weighted by atomic mass is 9.97. The zero-order valence-corrected chi connectivity index (χ0v) is 12.4. The monoisotopic (exact) mass is 273 g/mol. The van der Waals surface area contributed by atoms with Gasteiger partial charge in [0.25, 0.3) is 0 Å². The zero-order chi connectivity index (χ0) is 14.8. The van der Waals surface area contributed by atoms with Crippen molar-refractivity contribution in [1.82, 2.24) is 15.5 Å². The van der Waals surface area contributed by atoms with Crippen LogP contribution in [0.4, 0.5) is 4.79 Å². The number of amides is 2. The van der Waals surface area contributed by atoms with Gasteiger partial charge in [-0.25, -0.2) is 4.79 Å². The maximum absolute atomic E-state index is 11.8. The molecule has 0 spiro atoms. The molecule has 0 bridgehead atoms. The Labute approximate surface area is 115 Å². The molecule has 3 N–H and O–H groups in total. The van der Waals surface area contributed by atoms with E-state index in [1.807, 2.05) is 20.9 Å². The highest BCUT2D eigenvalue weighted by Gasteiger charge is 2.20. The van der Waals surface area contributed by atoms with Crippen molar-refractivity contribution in [2.75, 3.05) is 33.7 Å². The maximum Gasteiger partial charge on any atom is 0.317 e. The van der Waals surface area contributed by atoms with Gasteiger partial charge in [0.05, 0.1) is 5.92 Å². The third-order valence-electron chi connectivity index (χ3n) is 2.87. The quantitative estimate of drug-likeness (QED) is 0.547. The van der Waals surface area contributed by atoms with Crippen molar-refractivity contribution in [3.05, 3.63) is 0 Å². The summed E-state index contributed by atoms with van der Waals surface area (Å²) in [5, 5.41) is 14.8. The number of carbonyl (C=O) groups excluding carboxylic acids is 1. The fraction of sp³-hybridized carbons (Fsp3) is 0.846. The van der Waals surface area contributed by atoms with Crippen molar-refractivity contribution in [2.45, 2.75) is 26.7 Å². The number of carboxylic acids is 1. The van der Waals surface area contributed by atoms with Gasteiger partial charge in [-0.1, -0.05) is 13.8 Å². The van der Waals surface area contributed by atoms with E-state index in [1.54, 1.807) is 11.9 Å². The van der Waals surface area contributed by atoms with E-state index in [9.17, 15) is 9.59 Å². The summed E-state index contributed by atoms with van der Waals surface area (Å²) >= 11 is 0. The van der Waals surface area contributed by atoms with Crippen molar-refractivity contribution in [3.63, 3.8) is 0 Å². The molecule has 0 aliphatic carbocycles. The van der Waals surface area contributed by atoms with Gasteiger partial charge >= 0.3 is 12.0 Å². The van der Waals surface area contributed by atoms with E-state index >= 15 is 0 Å². The third kappa shape index (κ3) is 8.42. The van der Waals surface area contributed by atoms with Crippen molar-refractivity contribution in [3.8, 4) is 0 Å². The highest BCUT2D eigenvalue weighted by atomic mass is 16.4. The van der Waals surface area contributed by atoms with E-state index in [4.69, 9.17) is 5.11 Å². The summed E-state index contributed by atoms with van der Waals surface area (Å²) < 4.78 is 0. The summed E-state index contributed by atoms with van der Waals surface area (Å²) in [6, 6.07) is -0.217. The first-order chi connectivity index (χ1) is 8.88. The fourth-order valence-corrected chi connectivity index (χ4v) is 1.78. The second-order valence-electron chi connectivity index (χ2n) is 5.23. The van der Waals surface area contributed by atoms with Gasteiger partial charge in [0.2, 0.25) is 0 Å². The molecular formula is C13H27N3O3. The minimum Gasteiger partial charge on any atom is -0.481 e. The summed E-state index contributed by atoms with van der Waals surface area (Å²) in [6.45, 7) is 5.63. The molecule has 0 aliphatic heterocycles. The van der Waals surface area contributed by atoms with Gasteiger partial charge in [-0.15, -0.1) is 0 Å². The van der Waals surface area contributed by atoms with E-state index in [0.717, 1.165) is 13.0 Å². The third-order valence-corrected chi connectivity index (χ3v) is 2.87. The van der Waals surface area contributed by atoms with Crippen LogP contribution in [0.1, 0.15) is 26.7 Å². The summed E-state index contributed by atoms with van der Waals surface area (Å²) in [5.74, 6) is -1.08. The molecule has 0 aromatic rings. The van der Waals surface area contributed by atoms with Gasteiger partial charge in [-0.05, 0) is 32.4 Å². The molecule has 0 radical (unpaired) electrons. The predicted octanol–water partition coefficient (Wildman–Crippen LogP) is 0.984. The van der Waals surface area contributed by atoms with Crippen LogP contribution < -0.4 is 10.6 Å². The van der Waals surface area contributed by atoms with Crippen LogP contribution in [0.25, 0.3) is 0 Å². The predicted molar refractivity (Wildman–Crippen MR) is 75.2 cm³/mol. The molecule has 0 heterocycles. The maximum atomic E-state index is 11.8. The van der Waals surface area contributed by atoms with E-state index in [2.05, 4.69) is 10.6 Å². The molecule has 112 valence electrons. The molecule has 0 aromatic carbocycles. The van der Waals surface area contributed by atoms with Crippen LogP contribution in [0.15, 0.2) is 0 Å². The Bertz CT molecular complexity index is 282. The lowest BCUT2D eigenvalue weighted by Crippen LogP contribution is -2.42. The molecule has 1 unspecified atom stereocenters. The SMILES string of the molecule is CNCCCN(C)C(=O)NCC(CC(C)C)C(=O)O. The standard InChI is InChI=1S/C13H27N3O3/c1-10(2)8-11(12(17)18)9-15-13(19)16(4)7-5-6-14-3/h10-11,14H,5-9H2,1-4H3,(H,15,19)(H,17,18). The van der Waals surface area contributed by atoms with E-state index < -0.39 is 11.9 Å². The van der Waals surface area contributed by atoms with Crippen molar-refractivity contribution < 1.29 is 14.7 Å². The number of nitrogens with one attached hydrogen (secondary N) is 2. The summed E-state index contributed by atoms with van der Waals surface area (Å²) in [5.41, 5.74) is 0. The smallest absolute Gasteiger partial charge is 0.317 e. The number of carboxylic acid groups (broad SMARTS) is 1. The van der Waals surface area contributed by atoms with Gasteiger partial charge in [-0.3, -0.25) is 4.79 Å². The average molecular weight is 273 g/mol. The normalized spacial score (nSPS) is 12.3. The summed E-state index contributed by atoms with van der Waals surface area (Å²) in [6.07, 6.45) is 1.44. The first-order valence-electron chi connectivity index (χ1n) is 6.74. The van der Waals surface area contributed by atoms with E-state index in [1.165, 1.54) is 0 Å². The average Bonchev–Trinajstić information content (AvgIpc) is 2.33. The Balaban J connectivity index is 4.06. The van der Waals surface area contributed by atoms with Gasteiger partial charge in [0.1, 0.15) is 0 Å². The topological polar surface area (TPSA) is 81.7 Å². The van der Waals surface area contributed by atoms with Crippen molar-refractivity contribution >= 4 is 12.0 Å². The summed E-state index contributed by atoms with van der Waals surface area (Å²) in [4.78, 5) is 24.4. The Morgan fingerprint density at radius 1 is 1.32 bits per heavy atom. The number of hydrogen-bond acceptors (Lipinski definition) is 3. The molecule has 0 aliphatic rings. The second kappa shape index (κ2) is 9.61. The molecule has 0 fully saturated rings. The second-order valence-corrected chi connectivity index (χ2v) is 5.23. The van der Waals surface area contributed by atoms with Crippen LogP contribution in [0.2, 0.25) is 0 Å².